The van der Waals surface area contributed by atoms with Crippen LogP contribution in [0, 0.1) is 0 Å². The van der Waals surface area contributed by atoms with Gasteiger partial charge in [-0.15, -0.1) is 0 Å². The van der Waals surface area contributed by atoms with Gasteiger partial charge in [0.2, 0.25) is 0 Å². The number of aromatic carboxylic acids is 1. The summed E-state index contributed by atoms with van der Waals surface area (Å²) in [5.74, 6) is 0.122. The van der Waals surface area contributed by atoms with Crippen LogP contribution >= 0.6 is 0 Å². The molecule has 5 heteroatoms. The Balaban J connectivity index is 3.18. The molecule has 0 aliphatic heterocycles. The Morgan fingerprint density at radius 2 is 1.83 bits per heavy atom. The van der Waals surface area contributed by atoms with E-state index >= 15 is 0 Å². The molecular formula is C13H18O5. The lowest BCUT2D eigenvalue weighted by molar-refractivity contribution is 0.0692. The Kier molecular flexibility index (Phi) is 5.30. The van der Waals surface area contributed by atoms with Crippen molar-refractivity contribution in [3.05, 3.63) is 17.7 Å². The van der Waals surface area contributed by atoms with Crippen LogP contribution in [0.1, 0.15) is 30.6 Å². The molecule has 0 aliphatic carbocycles. The van der Waals surface area contributed by atoms with Crippen LogP contribution in [-0.4, -0.2) is 31.4 Å². The van der Waals surface area contributed by atoms with E-state index in [1.165, 1.54) is 13.2 Å². The number of methoxy groups -OCH3 is 1. The van der Waals surface area contributed by atoms with Crippen molar-refractivity contribution in [3.63, 3.8) is 0 Å². The van der Waals surface area contributed by atoms with E-state index in [0.717, 1.165) is 6.42 Å². The average Bonchev–Trinajstić information content (AvgIpc) is 2.36. The fourth-order valence-corrected chi connectivity index (χ4v) is 1.47. The molecule has 0 aromatic heterocycles. The van der Waals surface area contributed by atoms with Gasteiger partial charge in [-0.3, -0.25) is 0 Å². The van der Waals surface area contributed by atoms with Crippen molar-refractivity contribution in [1.82, 2.24) is 0 Å². The third kappa shape index (κ3) is 3.29. The zero-order valence-electron chi connectivity index (χ0n) is 10.9. The first-order valence-electron chi connectivity index (χ1n) is 5.84. The number of benzene rings is 1. The molecule has 0 fully saturated rings. The van der Waals surface area contributed by atoms with Crippen molar-refractivity contribution in [1.29, 1.82) is 0 Å². The van der Waals surface area contributed by atoms with Crippen molar-refractivity contribution < 1.29 is 24.1 Å². The van der Waals surface area contributed by atoms with Crippen LogP contribution in [0.15, 0.2) is 12.1 Å². The minimum absolute atomic E-state index is 0.0600. The van der Waals surface area contributed by atoms with Crippen LogP contribution in [0.5, 0.6) is 17.2 Å². The van der Waals surface area contributed by atoms with Gasteiger partial charge in [-0.05, 0) is 13.3 Å². The molecule has 0 saturated heterocycles. The smallest absolute Gasteiger partial charge is 0.339 e. The van der Waals surface area contributed by atoms with Crippen molar-refractivity contribution in [2.45, 2.75) is 20.3 Å². The number of rotatable bonds is 7. The summed E-state index contributed by atoms with van der Waals surface area (Å²) in [6, 6.07) is 2.97. The molecule has 0 amide bonds. The minimum atomic E-state index is -1.06. The fraction of sp³-hybridized carbons (Fsp3) is 0.462. The summed E-state index contributed by atoms with van der Waals surface area (Å²) in [6.45, 7) is 4.79. The number of carbonyl (C=O) groups is 1. The molecule has 0 saturated carbocycles. The van der Waals surface area contributed by atoms with Crippen LogP contribution in [0.4, 0.5) is 0 Å². The van der Waals surface area contributed by atoms with Crippen LogP contribution < -0.4 is 14.2 Å². The molecule has 0 spiro atoms. The zero-order valence-corrected chi connectivity index (χ0v) is 10.9. The molecular weight excluding hydrogens is 236 g/mol. The number of ether oxygens (including phenoxy) is 3. The number of hydrogen-bond acceptors (Lipinski definition) is 4. The summed E-state index contributed by atoms with van der Waals surface area (Å²) in [4.78, 5) is 11.1. The van der Waals surface area contributed by atoms with E-state index in [-0.39, 0.29) is 11.3 Å². The third-order valence-electron chi connectivity index (χ3n) is 2.26. The summed E-state index contributed by atoms with van der Waals surface area (Å²) in [6.07, 6.45) is 0.856. The highest BCUT2D eigenvalue weighted by atomic mass is 16.5. The van der Waals surface area contributed by atoms with Gasteiger partial charge < -0.3 is 19.3 Å². The Hall–Kier alpha value is -1.91. The summed E-state index contributed by atoms with van der Waals surface area (Å²) < 4.78 is 15.9. The number of carboxylic acid groups (broad SMARTS) is 1. The van der Waals surface area contributed by atoms with Gasteiger partial charge in [0.1, 0.15) is 11.3 Å². The molecule has 0 bridgehead atoms. The predicted octanol–water partition coefficient (Wildman–Crippen LogP) is 2.58. The molecule has 0 radical (unpaired) electrons. The normalized spacial score (nSPS) is 9.94. The lowest BCUT2D eigenvalue weighted by Crippen LogP contribution is -2.05. The van der Waals surface area contributed by atoms with E-state index in [0.29, 0.717) is 24.7 Å². The molecule has 1 aromatic carbocycles. The van der Waals surface area contributed by atoms with E-state index in [1.54, 1.807) is 6.07 Å². The summed E-state index contributed by atoms with van der Waals surface area (Å²) in [5.41, 5.74) is 0.0600. The van der Waals surface area contributed by atoms with Gasteiger partial charge in [-0.25, -0.2) is 4.79 Å². The van der Waals surface area contributed by atoms with Gasteiger partial charge in [0.05, 0.1) is 20.3 Å². The molecule has 1 rings (SSSR count). The van der Waals surface area contributed by atoms with Crippen LogP contribution in [0.25, 0.3) is 0 Å². The van der Waals surface area contributed by atoms with E-state index in [4.69, 9.17) is 19.3 Å². The molecule has 0 aliphatic rings. The summed E-state index contributed by atoms with van der Waals surface area (Å²) >= 11 is 0. The Labute approximate surface area is 106 Å². The molecule has 1 N–H and O–H groups in total. The monoisotopic (exact) mass is 254 g/mol. The van der Waals surface area contributed by atoms with Crippen molar-refractivity contribution in [2.75, 3.05) is 20.3 Å². The first-order chi connectivity index (χ1) is 8.63. The lowest BCUT2D eigenvalue weighted by Gasteiger charge is -2.14. The molecule has 0 unspecified atom stereocenters. The predicted molar refractivity (Wildman–Crippen MR) is 66.9 cm³/mol. The SMILES string of the molecule is CCCOc1cc(OC)c(C(=O)O)cc1OCC. The summed E-state index contributed by atoms with van der Waals surface area (Å²) in [5, 5.41) is 9.08. The average molecular weight is 254 g/mol. The second-order valence-electron chi connectivity index (χ2n) is 3.59. The van der Waals surface area contributed by atoms with Crippen molar-refractivity contribution >= 4 is 5.97 Å². The standard InChI is InChI=1S/C13H18O5/c1-4-6-18-12-8-10(16-3)9(13(14)15)7-11(12)17-5-2/h7-8H,4-6H2,1-3H3,(H,14,15). The van der Waals surface area contributed by atoms with Gasteiger partial charge in [-0.1, -0.05) is 6.92 Å². The molecule has 100 valence electrons. The maximum absolute atomic E-state index is 11.1. The number of hydrogen-bond donors (Lipinski definition) is 1. The summed E-state index contributed by atoms with van der Waals surface area (Å²) in [7, 11) is 1.42. The van der Waals surface area contributed by atoms with E-state index in [1.807, 2.05) is 13.8 Å². The molecule has 1 aromatic rings. The number of carboxylic acids is 1. The molecule has 5 nitrogen and oxygen atoms in total. The Bertz CT molecular complexity index is 414. The topological polar surface area (TPSA) is 65.0 Å². The van der Waals surface area contributed by atoms with Gasteiger partial charge in [0.15, 0.2) is 11.5 Å². The second-order valence-corrected chi connectivity index (χ2v) is 3.59. The van der Waals surface area contributed by atoms with Gasteiger partial charge >= 0.3 is 5.97 Å². The third-order valence-corrected chi connectivity index (χ3v) is 2.26. The van der Waals surface area contributed by atoms with E-state index in [2.05, 4.69) is 0 Å². The highest BCUT2D eigenvalue weighted by molar-refractivity contribution is 5.92. The van der Waals surface area contributed by atoms with Crippen LogP contribution in [0.3, 0.4) is 0 Å². The quantitative estimate of drug-likeness (QED) is 0.810. The lowest BCUT2D eigenvalue weighted by atomic mass is 10.1. The zero-order chi connectivity index (χ0) is 13.5. The molecule has 0 atom stereocenters. The second kappa shape index (κ2) is 6.74. The Morgan fingerprint density at radius 1 is 1.17 bits per heavy atom. The van der Waals surface area contributed by atoms with E-state index in [9.17, 15) is 4.79 Å². The maximum Gasteiger partial charge on any atom is 0.339 e. The van der Waals surface area contributed by atoms with Gasteiger partial charge in [-0.2, -0.15) is 0 Å². The maximum atomic E-state index is 11.1. The first-order valence-corrected chi connectivity index (χ1v) is 5.84. The van der Waals surface area contributed by atoms with Gasteiger partial charge in [0.25, 0.3) is 0 Å². The van der Waals surface area contributed by atoms with Crippen molar-refractivity contribution in [3.8, 4) is 17.2 Å². The fourth-order valence-electron chi connectivity index (χ4n) is 1.47. The highest BCUT2D eigenvalue weighted by Gasteiger charge is 2.17. The molecule has 0 heterocycles. The first kappa shape index (κ1) is 14.2. The van der Waals surface area contributed by atoms with Crippen LogP contribution in [0.2, 0.25) is 0 Å². The van der Waals surface area contributed by atoms with E-state index < -0.39 is 5.97 Å². The van der Waals surface area contributed by atoms with Gasteiger partial charge in [0, 0.05) is 12.1 Å². The Morgan fingerprint density at radius 3 is 2.33 bits per heavy atom. The van der Waals surface area contributed by atoms with Crippen LogP contribution in [-0.2, 0) is 0 Å². The largest absolute Gasteiger partial charge is 0.496 e. The minimum Gasteiger partial charge on any atom is -0.496 e. The van der Waals surface area contributed by atoms with Crippen molar-refractivity contribution in [2.24, 2.45) is 0 Å². The molecule has 18 heavy (non-hydrogen) atoms. The highest BCUT2D eigenvalue weighted by Crippen LogP contribution is 2.35.